The molecular weight excluding hydrogens is 1310 g/mol. The van der Waals surface area contributed by atoms with Gasteiger partial charge in [0.05, 0.1) is 39.8 Å². The van der Waals surface area contributed by atoms with Crippen molar-refractivity contribution in [2.24, 2.45) is 5.92 Å². The number of Topliss-reactive ketones (excluding diaryl/α,β-unsaturated/α-hetero) is 2. The van der Waals surface area contributed by atoms with Gasteiger partial charge < -0.3 is 40.7 Å². The van der Waals surface area contributed by atoms with Crippen molar-refractivity contribution in [2.45, 2.75) is 191 Å². The Labute approximate surface area is 574 Å². The number of fused-ring (bicyclic) bond motifs is 2. The van der Waals surface area contributed by atoms with Crippen LogP contribution in [-0.4, -0.2) is 144 Å². The quantitative estimate of drug-likeness (QED) is 0.0194. The summed E-state index contributed by atoms with van der Waals surface area (Å²) in [5.74, 6) is -6.27. The van der Waals surface area contributed by atoms with Gasteiger partial charge in [-0.25, -0.2) is 18.0 Å². The Morgan fingerprint density at radius 3 is 2.02 bits per heavy atom. The number of quaternary nitrogens is 1. The van der Waals surface area contributed by atoms with E-state index < -0.39 is 79.1 Å². The number of carbonyl (C=O) groups excluding carboxylic acids is 6. The lowest BCUT2D eigenvalue weighted by Gasteiger charge is -2.29. The average molecular weight is 1400 g/mol. The van der Waals surface area contributed by atoms with Gasteiger partial charge in [-0.3, -0.25) is 33.4 Å². The molecule has 3 unspecified atom stereocenters. The van der Waals surface area contributed by atoms with Crippen molar-refractivity contribution in [3.63, 3.8) is 0 Å². The number of carboxylic acid groups (broad SMARTS) is 3. The van der Waals surface area contributed by atoms with Crippen molar-refractivity contribution < 1.29 is 89.3 Å². The Balaban J connectivity index is 0.00000556. The number of para-hydroxylation sites is 2. The number of urea groups is 1. The van der Waals surface area contributed by atoms with Crippen LogP contribution in [0.15, 0.2) is 125 Å². The minimum absolute atomic E-state index is 0.0294. The van der Waals surface area contributed by atoms with Gasteiger partial charge in [-0.15, -0.1) is 11.8 Å². The van der Waals surface area contributed by atoms with Crippen molar-refractivity contribution in [1.82, 2.24) is 16.0 Å². The van der Waals surface area contributed by atoms with Gasteiger partial charge in [0.1, 0.15) is 23.6 Å². The van der Waals surface area contributed by atoms with Crippen molar-refractivity contribution in [1.29, 1.82) is 0 Å². The molecule has 2 heterocycles. The topological polar surface area (TPSA) is 370 Å². The van der Waals surface area contributed by atoms with E-state index in [1.807, 2.05) is 60.7 Å². The summed E-state index contributed by atoms with van der Waals surface area (Å²) in [7, 11) is -8.53. The second kappa shape index (κ2) is 39.1. The predicted molar refractivity (Wildman–Crippen MR) is 367 cm³/mol. The van der Waals surface area contributed by atoms with Crippen LogP contribution in [0.5, 0.6) is 0 Å². The molecule has 0 saturated carbocycles. The smallest absolute Gasteiger partial charge is 0.373 e. The van der Waals surface area contributed by atoms with Gasteiger partial charge in [-0.2, -0.15) is 18.0 Å². The lowest BCUT2D eigenvalue weighted by molar-refractivity contribution is -0.850. The highest BCUT2D eigenvalue weighted by atomic mass is 32.2. The second-order valence-corrected chi connectivity index (χ2v) is 30.1. The van der Waals surface area contributed by atoms with Crippen LogP contribution in [0.3, 0.4) is 0 Å². The number of ketones is 2. The molecule has 0 bridgehead atoms. The van der Waals surface area contributed by atoms with Gasteiger partial charge in [0.25, 0.3) is 10.1 Å². The molecule has 0 radical (unpaired) electrons. The predicted octanol–water partition coefficient (Wildman–Crippen LogP) is 9.08. The number of hydrogen-bond acceptors (Lipinski definition) is 16. The Morgan fingerprint density at radius 2 is 1.36 bits per heavy atom. The maximum atomic E-state index is 14.6. The van der Waals surface area contributed by atoms with E-state index in [4.69, 9.17) is 14.7 Å². The highest BCUT2D eigenvalue weighted by Crippen LogP contribution is 2.48. The molecule has 3 aromatic rings. The molecule has 6 rings (SSSR count). The molecule has 5 atom stereocenters. The molecule has 97 heavy (non-hydrogen) atoms. The van der Waals surface area contributed by atoms with Gasteiger partial charge in [-0.05, 0) is 137 Å². The third-order valence-electron chi connectivity index (χ3n) is 18.0. The monoisotopic (exact) mass is 1400 g/mol. The van der Waals surface area contributed by atoms with Crippen LogP contribution in [0.25, 0.3) is 0 Å². The summed E-state index contributed by atoms with van der Waals surface area (Å²) in [5, 5.41) is 36.9. The summed E-state index contributed by atoms with van der Waals surface area (Å²) in [4.78, 5) is 109. The van der Waals surface area contributed by atoms with Crippen molar-refractivity contribution >= 4 is 90.9 Å². The number of hydrogen-bond donors (Lipinski definition) is 8. The molecule has 23 nitrogen and oxygen atoms in total. The lowest BCUT2D eigenvalue weighted by Crippen LogP contribution is -3.10. The van der Waals surface area contributed by atoms with E-state index in [1.165, 1.54) is 11.8 Å². The number of benzene rings is 3. The molecule has 8 N–H and O–H groups in total. The van der Waals surface area contributed by atoms with E-state index in [1.54, 1.807) is 0 Å². The number of anilines is 1. The maximum Gasteiger partial charge on any atom is 0.373 e. The lowest BCUT2D eigenvalue weighted by atomic mass is 9.80. The highest BCUT2D eigenvalue weighted by molar-refractivity contribution is 8.03. The number of nitrogens with one attached hydrogen (secondary N) is 4. The number of carboxylic acids is 3. The number of amides is 3. The Morgan fingerprint density at radius 1 is 0.722 bits per heavy atom. The van der Waals surface area contributed by atoms with Crippen LogP contribution in [0.4, 0.5) is 16.2 Å². The van der Waals surface area contributed by atoms with E-state index in [9.17, 15) is 69.7 Å². The van der Waals surface area contributed by atoms with Gasteiger partial charge in [-0.1, -0.05) is 118 Å². The Bertz CT molecular complexity index is 3600. The molecule has 3 aromatic carbocycles. The molecule has 0 aromatic heterocycles. The Kier molecular flexibility index (Phi) is 32.3. The first kappa shape index (κ1) is 80.1. The standard InChI is InChI=1S/C70H95N5O16S3.CO2/c1-69(2)54-29-14-16-31-58(54)74(42-18-20-44-93(86,87)88)61(69)39-35-50-26-22-27-51(36-40-62-70(3,4)55-30-15-17-32-59(55)75(62)43-19-21-45-94(89,90)91)65(50)92-48-52(66(81)82)47-60(77)57(46-49-24-10-9-11-25-49)72-63(78)33-13-8-6-5-7-12-28-53(76)37-38-56(67(83)84)73-68(85)71-41-23-34-64(79)80;2-1-3/h9-11,14-17,24-25,29-32,35-36,39-40,52,56-57,61H,5-8,12-13,18-23,26-28,33-34,37-38,41-48H2,1-4H3,(H,72,78)(H,79,80)(H,81,82)(H,83,84)(H2,71,73,85)(H,86,87,88)(H,89,90,91);/b39-35+,51-36+,62-40+;/t52-,56?,57+,61?;/m1./s1. The van der Waals surface area contributed by atoms with Gasteiger partial charge >= 0.3 is 30.1 Å². The van der Waals surface area contributed by atoms with Gasteiger partial charge in [0.15, 0.2) is 5.78 Å². The first-order chi connectivity index (χ1) is 46.0. The largest absolute Gasteiger partial charge is 0.748 e. The zero-order valence-electron chi connectivity index (χ0n) is 55.9. The minimum atomic E-state index is -4.38. The molecule has 0 saturated heterocycles. The first-order valence-corrected chi connectivity index (χ1v) is 37.4. The number of allylic oxidation sites excluding steroid dienone is 6. The second-order valence-electron chi connectivity index (χ2n) is 26.0. The molecular formula is C71H95N5O18S3. The normalized spacial score (nSPS) is 18.1. The number of carbonyl (C=O) groups is 7. The molecule has 3 aliphatic rings. The fraction of sp³-hybridized carbons (Fsp3) is 0.521. The number of unbranched alkanes of at least 4 members (excludes halogenated alkanes) is 7. The summed E-state index contributed by atoms with van der Waals surface area (Å²) in [6, 6.07) is 22.3. The zero-order chi connectivity index (χ0) is 71.3. The fourth-order valence-electron chi connectivity index (χ4n) is 12.9. The summed E-state index contributed by atoms with van der Waals surface area (Å²) in [6.45, 7) is 9.78. The molecule has 2 aliphatic heterocycles. The van der Waals surface area contributed by atoms with Crippen molar-refractivity contribution in [3.8, 4) is 0 Å². The minimum Gasteiger partial charge on any atom is -0.748 e. The summed E-state index contributed by atoms with van der Waals surface area (Å²) in [6.07, 6.45) is 16.6. The number of aliphatic carboxylic acids is 3. The first-order valence-electron chi connectivity index (χ1n) is 33.2. The summed E-state index contributed by atoms with van der Waals surface area (Å²) in [5.41, 5.74) is 7.26. The highest BCUT2D eigenvalue weighted by Gasteiger charge is 2.48. The molecule has 3 amide bonds. The van der Waals surface area contributed by atoms with Crippen LogP contribution >= 0.6 is 11.8 Å². The maximum absolute atomic E-state index is 14.6. The van der Waals surface area contributed by atoms with E-state index >= 15 is 0 Å². The SMILES string of the molecule is CC1(C)/C(=C\C=C2/CCCC(/C=C/C3[NH+](CCCCS(=O)(=O)[O-])c4ccccc4C3(C)C)=C2SC[C@@H](CC(=O)[C@H](Cc2ccccc2)NC(=O)CCCCCCCCC(=O)CCC(NC(=O)NCCCC(=O)O)C(=O)O)C(=O)O)N(CCCCS(=O)(=O)O)c2ccccc21.O=C=O. The molecule has 1 aliphatic carbocycles. The summed E-state index contributed by atoms with van der Waals surface area (Å²) < 4.78 is 67.7. The van der Waals surface area contributed by atoms with E-state index in [2.05, 4.69) is 91.0 Å². The van der Waals surface area contributed by atoms with Gasteiger partial charge in [0, 0.05) is 84.0 Å². The summed E-state index contributed by atoms with van der Waals surface area (Å²) >= 11 is 1.39. The average Bonchev–Trinajstić information content (AvgIpc) is 1.61. The molecule has 0 fully saturated rings. The molecule has 0 spiro atoms. The number of nitrogens with zero attached hydrogens (tertiary/aromatic N) is 1. The Hall–Kier alpha value is -7.58. The van der Waals surface area contributed by atoms with Crippen LogP contribution in [0.2, 0.25) is 0 Å². The van der Waals surface area contributed by atoms with Crippen molar-refractivity contribution in [3.05, 3.63) is 142 Å². The fourth-order valence-corrected chi connectivity index (χ4v) is 15.3. The van der Waals surface area contributed by atoms with E-state index in [0.717, 1.165) is 80.4 Å². The van der Waals surface area contributed by atoms with Crippen LogP contribution in [0.1, 0.15) is 173 Å². The van der Waals surface area contributed by atoms with Gasteiger partial charge in [0.2, 0.25) is 5.91 Å². The number of rotatable bonds is 41. The van der Waals surface area contributed by atoms with Crippen molar-refractivity contribution in [2.75, 3.05) is 41.8 Å². The number of thioether (sulfide) groups is 1. The third-order valence-corrected chi connectivity index (χ3v) is 20.9. The van der Waals surface area contributed by atoms with Crippen LogP contribution in [-0.2, 0) is 75.8 Å². The van der Waals surface area contributed by atoms with E-state index in [0.29, 0.717) is 58.0 Å². The third kappa shape index (κ3) is 26.3. The van der Waals surface area contributed by atoms with Crippen LogP contribution in [0, 0.1) is 5.92 Å². The molecule has 530 valence electrons. The van der Waals surface area contributed by atoms with Crippen LogP contribution < -0.4 is 25.8 Å². The molecule has 26 heteroatoms. The van der Waals surface area contributed by atoms with E-state index in [-0.39, 0.29) is 112 Å². The zero-order valence-corrected chi connectivity index (χ0v) is 58.3.